The van der Waals surface area contributed by atoms with E-state index in [4.69, 9.17) is 40.3 Å². The fraction of sp³-hybridized carbons (Fsp3) is 0.857. The van der Waals surface area contributed by atoms with Crippen LogP contribution in [0.4, 0.5) is 9.59 Å². The molecule has 0 bridgehead atoms. The molecule has 3 aliphatic rings. The van der Waals surface area contributed by atoms with E-state index in [1.165, 1.54) is 14.0 Å². The number of ether oxygens (including phenoxy) is 5. The number of nitrogens with two attached hydrogens (primary N) is 2. The smallest absolute Gasteiger partial charge is 0.410 e. The number of amides is 3. The van der Waals surface area contributed by atoms with Gasteiger partial charge in [-0.15, -0.1) is 0 Å². The number of aliphatic hydroxyl groups excluding tert-OH is 5. The van der Waals surface area contributed by atoms with Crippen LogP contribution in [0.2, 0.25) is 0 Å². The first-order chi connectivity index (χ1) is 25.3. The van der Waals surface area contributed by atoms with Crippen molar-refractivity contribution >= 4 is 18.1 Å². The predicted molar refractivity (Wildman–Crippen MR) is 195 cm³/mol. The number of carbonyl (C=O) groups excluding carboxylic acids is 3. The Morgan fingerprint density at radius 2 is 1.67 bits per heavy atom. The molecule has 0 aromatic heterocycles. The average molecular weight is 793 g/mol. The molecule has 1 aliphatic carbocycles. The third-order valence-electron chi connectivity index (χ3n) is 9.38. The number of carbonyl (C=O) groups is 3. The fourth-order valence-electron chi connectivity index (χ4n) is 6.85. The highest BCUT2D eigenvalue weighted by molar-refractivity contribution is 5.81. The van der Waals surface area contributed by atoms with E-state index >= 15 is 0 Å². The number of nitrogens with one attached hydrogen (secondary N) is 3. The van der Waals surface area contributed by atoms with E-state index < -0.39 is 128 Å². The summed E-state index contributed by atoms with van der Waals surface area (Å²) < 4.78 is 28.9. The normalized spacial score (nSPS) is 34.0. The van der Waals surface area contributed by atoms with E-state index in [-0.39, 0.29) is 19.5 Å². The number of rotatable bonds is 13. The Balaban J connectivity index is 1.89. The zero-order valence-corrected chi connectivity index (χ0v) is 33.0. The van der Waals surface area contributed by atoms with Crippen molar-refractivity contribution in [1.82, 2.24) is 20.9 Å². The van der Waals surface area contributed by atoms with Crippen molar-refractivity contribution < 1.29 is 68.7 Å². The Hall–Kier alpha value is -2.89. The first-order valence-electron chi connectivity index (χ1n) is 18.5. The van der Waals surface area contributed by atoms with Crippen LogP contribution >= 0.6 is 0 Å². The van der Waals surface area contributed by atoms with Crippen molar-refractivity contribution in [2.45, 2.75) is 145 Å². The number of aliphatic hydroxyl groups is 6. The molecule has 13 N–H and O–H groups in total. The number of alkyl carbamates (subject to hydrolysis) is 1. The Bertz CT molecular complexity index is 1330. The predicted octanol–water partition coefficient (Wildman–Crippen LogP) is -2.90. The minimum absolute atomic E-state index is 0.0569. The van der Waals surface area contributed by atoms with Gasteiger partial charge in [0.05, 0.1) is 50.6 Å². The van der Waals surface area contributed by atoms with Crippen molar-refractivity contribution in [3.8, 4) is 0 Å². The van der Waals surface area contributed by atoms with Crippen LogP contribution in [-0.4, -0.2) is 177 Å². The van der Waals surface area contributed by atoms with Crippen LogP contribution in [0, 0.1) is 5.92 Å². The number of nitrogens with zero attached hydrogens (tertiary/aromatic N) is 1. The SMILES string of the molecule is CN(C(=O)OC(C)(C)C)[C@@H]1[C@@H](O)[C@@H](O[C@H]2[C@H](NC(=O)[C@H](O)CNC(=O)OC(C)(C)C)C[C@H](N)C([C@H]3OC(CNCC(O)CO)=CC[C@H]3N)[C@@H]2O)OC[C@]1(C)O. The molecule has 2 heterocycles. The first kappa shape index (κ1) is 46.5. The summed E-state index contributed by atoms with van der Waals surface area (Å²) in [5, 5.41) is 72.3. The molecule has 1 saturated carbocycles. The number of hydrogen-bond donors (Lipinski definition) is 11. The van der Waals surface area contributed by atoms with Crippen LogP contribution in [0.5, 0.6) is 0 Å². The summed E-state index contributed by atoms with van der Waals surface area (Å²) in [6.45, 7) is 10.2. The summed E-state index contributed by atoms with van der Waals surface area (Å²) in [5.41, 5.74) is 9.65. The van der Waals surface area contributed by atoms with Gasteiger partial charge in [-0.2, -0.15) is 0 Å². The highest BCUT2D eigenvalue weighted by Crippen LogP contribution is 2.37. The molecule has 0 radical (unpaired) electrons. The Morgan fingerprint density at radius 1 is 1.04 bits per heavy atom. The topological polar surface area (TPSA) is 310 Å². The number of hydrogen-bond acceptors (Lipinski definition) is 17. The van der Waals surface area contributed by atoms with E-state index in [9.17, 15) is 39.9 Å². The number of likely N-dealkylation sites (N-methyl/N-ethyl adjacent to an activating group) is 1. The van der Waals surface area contributed by atoms with Gasteiger partial charge in [0.15, 0.2) is 6.29 Å². The van der Waals surface area contributed by atoms with Crippen LogP contribution in [0.15, 0.2) is 11.8 Å². The fourth-order valence-corrected chi connectivity index (χ4v) is 6.85. The van der Waals surface area contributed by atoms with Crippen molar-refractivity contribution in [3.05, 3.63) is 11.8 Å². The molecule has 0 aromatic carbocycles. The van der Waals surface area contributed by atoms with Gasteiger partial charge in [-0.1, -0.05) is 0 Å². The maximum atomic E-state index is 13.3. The second kappa shape index (κ2) is 19.0. The van der Waals surface area contributed by atoms with Crippen molar-refractivity contribution in [1.29, 1.82) is 0 Å². The molecular formula is C35H64N6O14. The lowest BCUT2D eigenvalue weighted by Gasteiger charge is -2.51. The third kappa shape index (κ3) is 13.1. The van der Waals surface area contributed by atoms with Crippen LogP contribution in [0.1, 0.15) is 61.3 Å². The largest absolute Gasteiger partial charge is 0.492 e. The van der Waals surface area contributed by atoms with Gasteiger partial charge in [0, 0.05) is 31.6 Å². The third-order valence-corrected chi connectivity index (χ3v) is 9.38. The molecule has 3 rings (SSSR count). The Morgan fingerprint density at radius 3 is 2.27 bits per heavy atom. The second-order valence-electron chi connectivity index (χ2n) is 16.8. The zero-order valence-electron chi connectivity index (χ0n) is 33.0. The lowest BCUT2D eigenvalue weighted by Crippen LogP contribution is -2.70. The van der Waals surface area contributed by atoms with Gasteiger partial charge in [-0.25, -0.2) is 9.59 Å². The molecule has 0 aromatic rings. The second-order valence-corrected chi connectivity index (χ2v) is 16.8. The van der Waals surface area contributed by atoms with Gasteiger partial charge in [0.1, 0.15) is 47.0 Å². The summed E-state index contributed by atoms with van der Waals surface area (Å²) in [5.74, 6) is -1.43. The summed E-state index contributed by atoms with van der Waals surface area (Å²) in [6, 6.07) is -3.97. The summed E-state index contributed by atoms with van der Waals surface area (Å²) >= 11 is 0. The van der Waals surface area contributed by atoms with E-state index in [0.29, 0.717) is 12.2 Å². The van der Waals surface area contributed by atoms with E-state index in [0.717, 1.165) is 4.90 Å². The van der Waals surface area contributed by atoms with E-state index in [1.54, 1.807) is 47.6 Å². The van der Waals surface area contributed by atoms with Gasteiger partial charge >= 0.3 is 12.2 Å². The average Bonchev–Trinajstić information content (AvgIpc) is 3.05. The lowest BCUT2D eigenvalue weighted by molar-refractivity contribution is -0.305. The van der Waals surface area contributed by atoms with Crippen LogP contribution in [-0.2, 0) is 28.5 Å². The van der Waals surface area contributed by atoms with Crippen LogP contribution in [0.3, 0.4) is 0 Å². The highest BCUT2D eigenvalue weighted by atomic mass is 16.7. The molecule has 13 atom stereocenters. The molecule has 2 fully saturated rings. The minimum Gasteiger partial charge on any atom is -0.492 e. The Kier molecular flexibility index (Phi) is 16.1. The molecule has 20 heteroatoms. The molecule has 0 spiro atoms. The van der Waals surface area contributed by atoms with Crippen LogP contribution in [0.25, 0.3) is 0 Å². The van der Waals surface area contributed by atoms with Crippen LogP contribution < -0.4 is 27.4 Å². The van der Waals surface area contributed by atoms with E-state index in [1.807, 2.05) is 0 Å². The quantitative estimate of drug-likeness (QED) is 0.0891. The molecule has 2 aliphatic heterocycles. The maximum Gasteiger partial charge on any atom is 0.410 e. The minimum atomic E-state index is -1.79. The highest BCUT2D eigenvalue weighted by Gasteiger charge is 2.55. The molecule has 55 heavy (non-hydrogen) atoms. The molecule has 20 nitrogen and oxygen atoms in total. The molecule has 2 unspecified atom stereocenters. The standard InChI is InChI=1S/C35H64N6O14/c1-33(2,3)54-31(48)39-14-22(44)29(47)40-21-11-20(37)23(26-19(36)10-9-18(52-26)13-38-12-17(43)15-42)24(45)27(21)53-30-25(46)28(35(7,50)16-51-30)41(8)32(49)55-34(4,5)6/h9,17,19-28,30,38,42-46,50H,10-16,36-37H2,1-8H3,(H,39,48)(H,40,47)/t17?,19-,20+,21-,22-,23?,24+,25-,26+,27+,28-,30-,35+/m1/s1. The molecule has 3 amide bonds. The summed E-state index contributed by atoms with van der Waals surface area (Å²) in [4.78, 5) is 39.5. The zero-order chi connectivity index (χ0) is 41.6. The lowest BCUT2D eigenvalue weighted by atomic mass is 9.72. The van der Waals surface area contributed by atoms with Gasteiger partial charge in [-0.05, 0) is 67.4 Å². The summed E-state index contributed by atoms with van der Waals surface area (Å²) in [6.07, 6.45) is -9.56. The Labute approximate surface area is 321 Å². The molecular weight excluding hydrogens is 728 g/mol. The first-order valence-corrected chi connectivity index (χ1v) is 18.5. The van der Waals surface area contributed by atoms with Gasteiger partial charge < -0.3 is 86.6 Å². The maximum absolute atomic E-state index is 13.3. The molecule has 1 saturated heterocycles. The van der Waals surface area contributed by atoms with Gasteiger partial charge in [-0.3, -0.25) is 4.79 Å². The van der Waals surface area contributed by atoms with E-state index in [2.05, 4.69) is 16.0 Å². The van der Waals surface area contributed by atoms with Gasteiger partial charge in [0.25, 0.3) is 5.91 Å². The van der Waals surface area contributed by atoms with Gasteiger partial charge in [0.2, 0.25) is 0 Å². The van der Waals surface area contributed by atoms with Crippen molar-refractivity contribution in [3.63, 3.8) is 0 Å². The van der Waals surface area contributed by atoms with Crippen molar-refractivity contribution in [2.75, 3.05) is 39.9 Å². The van der Waals surface area contributed by atoms with Crippen molar-refractivity contribution in [2.24, 2.45) is 17.4 Å². The summed E-state index contributed by atoms with van der Waals surface area (Å²) in [7, 11) is 1.34. The monoisotopic (exact) mass is 792 g/mol. The molecule has 318 valence electrons.